The van der Waals surface area contributed by atoms with Gasteiger partial charge in [0.05, 0.1) is 6.10 Å². The molecule has 0 fully saturated rings. The van der Waals surface area contributed by atoms with Gasteiger partial charge in [0.2, 0.25) is 5.54 Å². The number of carbonyl (C=O) groups is 3. The van der Waals surface area contributed by atoms with Crippen LogP contribution in [0.15, 0.2) is 30.3 Å². The van der Waals surface area contributed by atoms with Gasteiger partial charge >= 0.3 is 11.9 Å². The summed E-state index contributed by atoms with van der Waals surface area (Å²) in [6, 6.07) is 6.85. The van der Waals surface area contributed by atoms with Crippen molar-refractivity contribution in [1.29, 1.82) is 0 Å². The van der Waals surface area contributed by atoms with Crippen molar-refractivity contribution in [3.63, 3.8) is 0 Å². The highest BCUT2D eigenvalue weighted by Crippen LogP contribution is 2.26. The number of esters is 1. The molecular weight excluding hydrogens is 312 g/mol. The predicted molar refractivity (Wildman–Crippen MR) is 87.9 cm³/mol. The van der Waals surface area contributed by atoms with Crippen molar-refractivity contribution in [3.05, 3.63) is 35.9 Å². The Morgan fingerprint density at radius 2 is 1.67 bits per heavy atom. The highest BCUT2D eigenvalue weighted by molar-refractivity contribution is 6.08. The number of carboxylic acid groups (broad SMARTS) is 1. The summed E-state index contributed by atoms with van der Waals surface area (Å²) in [5, 5.41) is 12.1. The molecule has 0 bridgehead atoms. The lowest BCUT2D eigenvalue weighted by molar-refractivity contribution is -0.161. The van der Waals surface area contributed by atoms with Gasteiger partial charge in [0.1, 0.15) is 6.04 Å². The largest absolute Gasteiger partial charge is 0.480 e. The van der Waals surface area contributed by atoms with E-state index < -0.39 is 41.4 Å². The Kier molecular flexibility index (Phi) is 6.48. The number of carboxylic acids is 1. The fourth-order valence-electron chi connectivity index (χ4n) is 2.31. The van der Waals surface area contributed by atoms with E-state index in [-0.39, 0.29) is 5.56 Å². The maximum Gasteiger partial charge on any atom is 0.341 e. The predicted octanol–water partition coefficient (Wildman–Crippen LogP) is 1.02. The third-order valence-electron chi connectivity index (χ3n) is 3.53. The molecule has 1 amide bonds. The first-order chi connectivity index (χ1) is 11.1. The Bertz CT molecular complexity index is 600. The summed E-state index contributed by atoms with van der Waals surface area (Å²) in [5.74, 6) is -3.53. The molecule has 7 heteroatoms. The van der Waals surface area contributed by atoms with E-state index in [0.29, 0.717) is 0 Å². The lowest BCUT2D eigenvalue weighted by atomic mass is 9.86. The van der Waals surface area contributed by atoms with E-state index in [1.807, 2.05) is 0 Å². The molecule has 2 unspecified atom stereocenters. The second-order valence-corrected chi connectivity index (χ2v) is 6.14. The summed E-state index contributed by atoms with van der Waals surface area (Å²) in [7, 11) is 0. The van der Waals surface area contributed by atoms with Gasteiger partial charge in [0.25, 0.3) is 5.91 Å². The Morgan fingerprint density at radius 3 is 2.04 bits per heavy atom. The maximum absolute atomic E-state index is 12.7. The summed E-state index contributed by atoms with van der Waals surface area (Å²) >= 11 is 0. The van der Waals surface area contributed by atoms with Crippen molar-refractivity contribution in [2.75, 3.05) is 0 Å². The zero-order chi connectivity index (χ0) is 18.5. The van der Waals surface area contributed by atoms with E-state index in [2.05, 4.69) is 5.32 Å². The van der Waals surface area contributed by atoms with Gasteiger partial charge in [0.15, 0.2) is 0 Å². The summed E-state index contributed by atoms with van der Waals surface area (Å²) < 4.78 is 5.20. The number of hydrogen-bond acceptors (Lipinski definition) is 5. The molecule has 0 heterocycles. The van der Waals surface area contributed by atoms with Gasteiger partial charge in [-0.25, -0.2) is 4.79 Å². The second-order valence-electron chi connectivity index (χ2n) is 6.14. The Balaban J connectivity index is 3.50. The number of nitrogens with two attached hydrogens (primary N) is 1. The van der Waals surface area contributed by atoms with E-state index in [4.69, 9.17) is 10.5 Å². The van der Waals surface area contributed by atoms with E-state index in [9.17, 15) is 19.5 Å². The number of ether oxygens (including phenoxy) is 1. The second kappa shape index (κ2) is 7.92. The van der Waals surface area contributed by atoms with Crippen molar-refractivity contribution in [3.8, 4) is 0 Å². The molecule has 0 radical (unpaired) electrons. The summed E-state index contributed by atoms with van der Waals surface area (Å²) in [5.41, 5.74) is 3.68. The van der Waals surface area contributed by atoms with Crippen LogP contribution in [0.2, 0.25) is 0 Å². The zero-order valence-corrected chi connectivity index (χ0v) is 14.3. The monoisotopic (exact) mass is 336 g/mol. The average molecular weight is 336 g/mol. The number of amides is 1. The van der Waals surface area contributed by atoms with E-state index >= 15 is 0 Å². The molecule has 0 aliphatic carbocycles. The Morgan fingerprint density at radius 1 is 1.12 bits per heavy atom. The normalized spacial score (nSPS) is 14.9. The molecule has 0 spiro atoms. The van der Waals surface area contributed by atoms with Crippen molar-refractivity contribution in [2.45, 2.75) is 45.4 Å². The highest BCUT2D eigenvalue weighted by Gasteiger charge is 2.50. The van der Waals surface area contributed by atoms with Crippen LogP contribution >= 0.6 is 0 Å². The molecule has 0 aromatic heterocycles. The SMILES string of the molecule is CC(C)OC(=O)C(NC(C(=O)O)C(C)C)(C(N)=O)c1ccccc1. The van der Waals surface area contributed by atoms with Crippen LogP contribution in [-0.4, -0.2) is 35.1 Å². The lowest BCUT2D eigenvalue weighted by Gasteiger charge is -2.34. The molecular formula is C17H24N2O5. The standard InChI is InChI=1S/C17H24N2O5/c1-10(2)13(14(20)21)19-17(15(18)22,16(23)24-11(3)4)12-8-6-5-7-9-12/h5-11,13,19H,1-4H3,(H2,18,22)(H,20,21). The fourth-order valence-corrected chi connectivity index (χ4v) is 2.31. The molecule has 2 atom stereocenters. The number of hydrogen-bond donors (Lipinski definition) is 3. The van der Waals surface area contributed by atoms with Crippen LogP contribution in [0.3, 0.4) is 0 Å². The molecule has 7 nitrogen and oxygen atoms in total. The Labute approximate surface area is 141 Å². The molecule has 1 aromatic carbocycles. The number of rotatable bonds is 8. The number of carbonyl (C=O) groups excluding carboxylic acids is 2. The smallest absolute Gasteiger partial charge is 0.341 e. The molecule has 0 saturated carbocycles. The van der Waals surface area contributed by atoms with Crippen LogP contribution in [0.1, 0.15) is 33.3 Å². The summed E-state index contributed by atoms with van der Waals surface area (Å²) in [4.78, 5) is 36.6. The third kappa shape index (κ3) is 4.11. The van der Waals surface area contributed by atoms with Gasteiger partial charge in [-0.3, -0.25) is 14.9 Å². The van der Waals surface area contributed by atoms with Crippen LogP contribution in [0, 0.1) is 5.92 Å². The minimum atomic E-state index is -2.08. The molecule has 4 N–H and O–H groups in total. The molecule has 0 aliphatic rings. The van der Waals surface area contributed by atoms with Crippen LogP contribution in [0.5, 0.6) is 0 Å². The van der Waals surface area contributed by atoms with Crippen LogP contribution in [-0.2, 0) is 24.7 Å². The van der Waals surface area contributed by atoms with Crippen molar-refractivity contribution < 1.29 is 24.2 Å². The molecule has 1 rings (SSSR count). The molecule has 0 aliphatic heterocycles. The van der Waals surface area contributed by atoms with Gasteiger partial charge < -0.3 is 15.6 Å². The zero-order valence-electron chi connectivity index (χ0n) is 14.3. The third-order valence-corrected chi connectivity index (χ3v) is 3.53. The van der Waals surface area contributed by atoms with Gasteiger partial charge in [-0.15, -0.1) is 0 Å². The minimum Gasteiger partial charge on any atom is -0.480 e. The van der Waals surface area contributed by atoms with E-state index in [1.165, 1.54) is 12.1 Å². The van der Waals surface area contributed by atoms with Gasteiger partial charge in [0, 0.05) is 0 Å². The molecule has 1 aromatic rings. The number of aliphatic carboxylic acids is 1. The van der Waals surface area contributed by atoms with E-state index in [1.54, 1.807) is 45.9 Å². The van der Waals surface area contributed by atoms with Crippen molar-refractivity contribution in [1.82, 2.24) is 5.32 Å². The first-order valence-electron chi connectivity index (χ1n) is 7.70. The van der Waals surface area contributed by atoms with Gasteiger partial charge in [-0.05, 0) is 25.3 Å². The summed E-state index contributed by atoms with van der Waals surface area (Å²) in [6.07, 6.45) is -0.496. The average Bonchev–Trinajstić information content (AvgIpc) is 2.47. The first kappa shape index (κ1) is 19.6. The Hall–Kier alpha value is -2.41. The molecule has 0 saturated heterocycles. The quantitative estimate of drug-likeness (QED) is 0.482. The van der Waals surface area contributed by atoms with E-state index in [0.717, 1.165) is 0 Å². The van der Waals surface area contributed by atoms with Gasteiger partial charge in [-0.1, -0.05) is 44.2 Å². The minimum absolute atomic E-state index is 0.232. The van der Waals surface area contributed by atoms with Crippen LogP contribution < -0.4 is 11.1 Å². The number of benzene rings is 1. The first-order valence-corrected chi connectivity index (χ1v) is 7.70. The van der Waals surface area contributed by atoms with Crippen LogP contribution in [0.25, 0.3) is 0 Å². The summed E-state index contributed by atoms with van der Waals surface area (Å²) in [6.45, 7) is 6.59. The molecule has 24 heavy (non-hydrogen) atoms. The highest BCUT2D eigenvalue weighted by atomic mass is 16.5. The maximum atomic E-state index is 12.7. The fraction of sp³-hybridized carbons (Fsp3) is 0.471. The number of nitrogens with one attached hydrogen (secondary N) is 1. The topological polar surface area (TPSA) is 119 Å². The molecule has 132 valence electrons. The number of primary amides is 1. The lowest BCUT2D eigenvalue weighted by Crippen LogP contribution is -2.64. The van der Waals surface area contributed by atoms with Crippen molar-refractivity contribution >= 4 is 17.8 Å². The van der Waals surface area contributed by atoms with Crippen LogP contribution in [0.4, 0.5) is 0 Å². The van der Waals surface area contributed by atoms with Crippen molar-refractivity contribution in [2.24, 2.45) is 11.7 Å². The van der Waals surface area contributed by atoms with Gasteiger partial charge in [-0.2, -0.15) is 0 Å².